The third kappa shape index (κ3) is 4.76. The smallest absolute Gasteiger partial charge is 0.251 e. The van der Waals surface area contributed by atoms with Crippen molar-refractivity contribution in [2.45, 2.75) is 45.1 Å². The van der Waals surface area contributed by atoms with Crippen molar-refractivity contribution in [3.05, 3.63) is 35.4 Å². The Labute approximate surface area is 150 Å². The highest BCUT2D eigenvalue weighted by Gasteiger charge is 2.27. The first-order valence-corrected chi connectivity index (χ1v) is 10.6. The molecule has 0 unspecified atom stereocenters. The number of aryl methyl sites for hydroxylation is 1. The lowest BCUT2D eigenvalue weighted by molar-refractivity contribution is 0.0928. The van der Waals surface area contributed by atoms with Gasteiger partial charge in [-0.25, -0.2) is 0 Å². The van der Waals surface area contributed by atoms with Gasteiger partial charge in [0.2, 0.25) is 0 Å². The Morgan fingerprint density at radius 2 is 1.96 bits per heavy atom. The Bertz CT molecular complexity index is 517. The Kier molecular flexibility index (Phi) is 6.61. The zero-order valence-corrected chi connectivity index (χ0v) is 15.6. The molecule has 0 saturated carbocycles. The maximum absolute atomic E-state index is 12.3. The summed E-state index contributed by atoms with van der Waals surface area (Å²) in [7, 11) is 0. The highest BCUT2D eigenvalue weighted by Crippen LogP contribution is 2.26. The van der Waals surface area contributed by atoms with Crippen LogP contribution in [0.25, 0.3) is 0 Å². The van der Waals surface area contributed by atoms with Gasteiger partial charge < -0.3 is 5.32 Å². The van der Waals surface area contributed by atoms with E-state index in [0.717, 1.165) is 31.0 Å². The molecule has 2 aliphatic heterocycles. The van der Waals surface area contributed by atoms with E-state index in [1.54, 1.807) is 0 Å². The highest BCUT2D eigenvalue weighted by atomic mass is 32.2. The molecule has 3 nitrogen and oxygen atoms in total. The number of benzene rings is 1. The van der Waals surface area contributed by atoms with Gasteiger partial charge in [-0.05, 0) is 68.1 Å². The second-order valence-electron chi connectivity index (χ2n) is 7.15. The Balaban J connectivity index is 1.40. The van der Waals surface area contributed by atoms with E-state index in [2.05, 4.69) is 41.0 Å². The van der Waals surface area contributed by atoms with Crippen LogP contribution in [0.2, 0.25) is 0 Å². The Morgan fingerprint density at radius 3 is 2.58 bits per heavy atom. The number of hydrogen-bond acceptors (Lipinski definition) is 3. The fourth-order valence-electron chi connectivity index (χ4n) is 3.78. The van der Waals surface area contributed by atoms with Gasteiger partial charge in [0.25, 0.3) is 5.91 Å². The van der Waals surface area contributed by atoms with E-state index in [1.165, 1.54) is 49.4 Å². The minimum absolute atomic E-state index is 0.0765. The zero-order chi connectivity index (χ0) is 16.8. The summed E-state index contributed by atoms with van der Waals surface area (Å²) in [6.07, 6.45) is 6.03. The molecule has 0 radical (unpaired) electrons. The summed E-state index contributed by atoms with van der Waals surface area (Å²) < 4.78 is 0. The maximum atomic E-state index is 12.3. The number of carbonyl (C=O) groups is 1. The molecular weight excluding hydrogens is 316 g/mol. The third-order valence-corrected chi connectivity index (χ3v) is 6.52. The number of nitrogens with zero attached hydrogens (tertiary/aromatic N) is 1. The molecule has 0 bridgehead atoms. The third-order valence-electron chi connectivity index (χ3n) is 5.38. The van der Waals surface area contributed by atoms with Crippen LogP contribution in [0.5, 0.6) is 0 Å². The number of piperidine rings is 1. The molecule has 2 heterocycles. The highest BCUT2D eigenvalue weighted by molar-refractivity contribution is 7.99. The van der Waals surface area contributed by atoms with Crippen molar-refractivity contribution in [2.75, 3.05) is 31.1 Å². The van der Waals surface area contributed by atoms with E-state index in [-0.39, 0.29) is 5.91 Å². The van der Waals surface area contributed by atoms with Crippen LogP contribution in [-0.2, 0) is 6.42 Å². The monoisotopic (exact) mass is 346 g/mol. The first kappa shape index (κ1) is 17.8. The van der Waals surface area contributed by atoms with Crippen molar-refractivity contribution >= 4 is 17.7 Å². The number of carbonyl (C=O) groups excluding carboxylic acids is 1. The van der Waals surface area contributed by atoms with E-state index in [9.17, 15) is 4.79 Å². The van der Waals surface area contributed by atoms with E-state index >= 15 is 0 Å². The van der Waals surface area contributed by atoms with E-state index in [4.69, 9.17) is 0 Å². The molecule has 1 atom stereocenters. The Morgan fingerprint density at radius 1 is 1.21 bits per heavy atom. The molecule has 1 aromatic rings. The van der Waals surface area contributed by atoms with Crippen LogP contribution in [0, 0.1) is 5.92 Å². The molecule has 2 saturated heterocycles. The van der Waals surface area contributed by atoms with Crippen molar-refractivity contribution < 1.29 is 4.79 Å². The van der Waals surface area contributed by atoms with E-state index in [0.29, 0.717) is 5.92 Å². The second kappa shape index (κ2) is 8.91. The molecule has 2 fully saturated rings. The van der Waals surface area contributed by atoms with Gasteiger partial charge in [-0.3, -0.25) is 9.69 Å². The predicted octanol–water partition coefficient (Wildman–Crippen LogP) is 3.59. The van der Waals surface area contributed by atoms with Gasteiger partial charge in [0.1, 0.15) is 0 Å². The number of amides is 1. The van der Waals surface area contributed by atoms with Crippen LogP contribution in [0.15, 0.2) is 24.3 Å². The second-order valence-corrected chi connectivity index (χ2v) is 8.30. The molecule has 1 N–H and O–H groups in total. The molecular formula is C20H30N2OS. The average molecular weight is 347 g/mol. The van der Waals surface area contributed by atoms with Crippen molar-refractivity contribution in [2.24, 2.45) is 5.92 Å². The minimum atomic E-state index is 0.0765. The quantitative estimate of drug-likeness (QED) is 0.854. The SMILES string of the molecule is CCCc1ccc(C(=O)NCC2CCN([C@@H]3CCSC3)CC2)cc1. The summed E-state index contributed by atoms with van der Waals surface area (Å²) in [5, 5.41) is 3.14. The lowest BCUT2D eigenvalue weighted by atomic mass is 9.95. The van der Waals surface area contributed by atoms with Gasteiger partial charge >= 0.3 is 0 Å². The summed E-state index contributed by atoms with van der Waals surface area (Å²) in [6, 6.07) is 8.89. The molecule has 0 aliphatic carbocycles. The number of rotatable bonds is 6. The molecule has 3 rings (SSSR count). The largest absolute Gasteiger partial charge is 0.352 e. The van der Waals surface area contributed by atoms with E-state index < -0.39 is 0 Å². The lowest BCUT2D eigenvalue weighted by Crippen LogP contribution is -2.43. The lowest BCUT2D eigenvalue weighted by Gasteiger charge is -2.35. The van der Waals surface area contributed by atoms with Crippen molar-refractivity contribution in [3.8, 4) is 0 Å². The van der Waals surface area contributed by atoms with Gasteiger partial charge in [-0.2, -0.15) is 11.8 Å². The van der Waals surface area contributed by atoms with Crippen LogP contribution >= 0.6 is 11.8 Å². The Hall–Kier alpha value is -1.00. The maximum Gasteiger partial charge on any atom is 0.251 e. The van der Waals surface area contributed by atoms with Gasteiger partial charge in [0.15, 0.2) is 0 Å². The van der Waals surface area contributed by atoms with Crippen molar-refractivity contribution in [1.29, 1.82) is 0 Å². The fraction of sp³-hybridized carbons (Fsp3) is 0.650. The van der Waals surface area contributed by atoms with Crippen LogP contribution in [0.4, 0.5) is 0 Å². The molecule has 1 aromatic carbocycles. The zero-order valence-electron chi connectivity index (χ0n) is 14.8. The van der Waals surface area contributed by atoms with Gasteiger partial charge in [0.05, 0.1) is 0 Å². The number of hydrogen-bond donors (Lipinski definition) is 1. The topological polar surface area (TPSA) is 32.3 Å². The van der Waals surface area contributed by atoms with Crippen LogP contribution < -0.4 is 5.32 Å². The first-order chi connectivity index (χ1) is 11.8. The summed E-state index contributed by atoms with van der Waals surface area (Å²) in [6.45, 7) is 5.41. The summed E-state index contributed by atoms with van der Waals surface area (Å²) in [5.74, 6) is 3.36. The molecule has 0 aromatic heterocycles. The molecule has 2 aliphatic rings. The number of thioether (sulfide) groups is 1. The molecule has 4 heteroatoms. The summed E-state index contributed by atoms with van der Waals surface area (Å²) in [5.41, 5.74) is 2.10. The molecule has 1 amide bonds. The predicted molar refractivity (Wildman–Crippen MR) is 103 cm³/mol. The minimum Gasteiger partial charge on any atom is -0.352 e. The summed E-state index contributed by atoms with van der Waals surface area (Å²) >= 11 is 2.09. The van der Waals surface area contributed by atoms with Crippen LogP contribution in [0.3, 0.4) is 0 Å². The summed E-state index contributed by atoms with van der Waals surface area (Å²) in [4.78, 5) is 15.0. The van der Waals surface area contributed by atoms with Gasteiger partial charge in [-0.1, -0.05) is 25.5 Å². The number of nitrogens with one attached hydrogen (secondary N) is 1. The number of likely N-dealkylation sites (tertiary alicyclic amines) is 1. The van der Waals surface area contributed by atoms with Crippen LogP contribution in [0.1, 0.15) is 48.5 Å². The fourth-order valence-corrected chi connectivity index (χ4v) is 5.04. The average Bonchev–Trinajstić information content (AvgIpc) is 3.16. The van der Waals surface area contributed by atoms with E-state index in [1.807, 2.05) is 12.1 Å². The van der Waals surface area contributed by atoms with Crippen molar-refractivity contribution in [3.63, 3.8) is 0 Å². The van der Waals surface area contributed by atoms with Gasteiger partial charge in [-0.15, -0.1) is 0 Å². The normalized spacial score (nSPS) is 22.6. The van der Waals surface area contributed by atoms with Crippen LogP contribution in [-0.4, -0.2) is 48.0 Å². The first-order valence-electron chi connectivity index (χ1n) is 9.45. The van der Waals surface area contributed by atoms with Crippen molar-refractivity contribution in [1.82, 2.24) is 10.2 Å². The van der Waals surface area contributed by atoms with Gasteiger partial charge in [0, 0.05) is 23.9 Å². The standard InChI is InChI=1S/C20H30N2OS/c1-2-3-16-4-6-18(7-5-16)20(23)21-14-17-8-11-22(12-9-17)19-10-13-24-15-19/h4-7,17,19H,2-3,8-15H2,1H3,(H,21,23)/t19-/m1/s1. The molecule has 24 heavy (non-hydrogen) atoms. The molecule has 132 valence electrons. The molecule has 0 spiro atoms.